The number of esters is 2. The maximum atomic E-state index is 12.7. The zero-order chi connectivity index (χ0) is 48.5. The molecular weight excluding hydrogens is 846 g/mol. The first-order chi connectivity index (χ1) is 32.0. The molecule has 0 amide bonds. The monoisotopic (exact) mass is 950 g/mol. The predicted octanol–water partition coefficient (Wildman–Crippen LogP) is 16.0. The van der Waals surface area contributed by atoms with Crippen molar-refractivity contribution in [3.8, 4) is 0 Å². The zero-order valence-corrected chi connectivity index (χ0v) is 44.5. The lowest BCUT2D eigenvalue weighted by Gasteiger charge is -2.28. The van der Waals surface area contributed by atoms with Gasteiger partial charge in [0.15, 0.2) is 6.10 Å². The Balaban J connectivity index is 4.12. The van der Waals surface area contributed by atoms with Crippen molar-refractivity contribution in [3.63, 3.8) is 0 Å². The first-order valence-corrected chi connectivity index (χ1v) is 28.8. The number of phosphoric ester groups is 1. The fraction of sp³-hybridized carbons (Fsp3) is 0.821. The third kappa shape index (κ3) is 51.4. The van der Waals surface area contributed by atoms with Gasteiger partial charge < -0.3 is 27.9 Å². The number of unbranched alkanes of at least 4 members (excludes halogenated alkanes) is 28. The van der Waals surface area contributed by atoms with Gasteiger partial charge in [-0.05, 0) is 51.4 Å². The van der Waals surface area contributed by atoms with Crippen molar-refractivity contribution in [2.75, 3.05) is 47.5 Å². The van der Waals surface area contributed by atoms with E-state index in [9.17, 15) is 19.0 Å². The fourth-order valence-electron chi connectivity index (χ4n) is 7.65. The van der Waals surface area contributed by atoms with Crippen LogP contribution in [0.25, 0.3) is 0 Å². The highest BCUT2D eigenvalue weighted by Crippen LogP contribution is 2.38. The van der Waals surface area contributed by atoms with Crippen LogP contribution in [0.15, 0.2) is 48.6 Å². The number of ether oxygens (including phenoxy) is 2. The standard InChI is InChI=1S/C56H104NO8P/c1-6-8-10-12-14-16-18-20-22-23-24-25-26-27-28-29-30-31-32-33-35-36-38-40-42-44-46-48-55(58)62-52-54(53-64-66(60,61)63-51-50-57(3,4)5)65-56(59)49-47-45-43-41-39-37-34-21-19-17-15-13-11-9-7-2/h9,11,15,17,21,34,39,41,54H,6-8,10,12-14,16,18-20,22-33,35-38,40,42-53H2,1-5H3/b11-9-,17-15-,34-21-,41-39-. The average Bonchev–Trinajstić information content (AvgIpc) is 3.27. The summed E-state index contributed by atoms with van der Waals surface area (Å²) in [5.74, 6) is -0.875. The molecular formula is C56H104NO8P. The van der Waals surface area contributed by atoms with Crippen molar-refractivity contribution >= 4 is 19.8 Å². The van der Waals surface area contributed by atoms with Crippen LogP contribution in [0.5, 0.6) is 0 Å². The van der Waals surface area contributed by atoms with Gasteiger partial charge in [0.1, 0.15) is 19.8 Å². The lowest BCUT2D eigenvalue weighted by molar-refractivity contribution is -0.870. The summed E-state index contributed by atoms with van der Waals surface area (Å²) in [5, 5.41) is 0. The van der Waals surface area contributed by atoms with E-state index in [0.717, 1.165) is 57.8 Å². The van der Waals surface area contributed by atoms with Gasteiger partial charge in [0.2, 0.25) is 0 Å². The molecule has 10 heteroatoms. The number of nitrogens with zero attached hydrogens (tertiary/aromatic N) is 1. The van der Waals surface area contributed by atoms with Gasteiger partial charge in [-0.1, -0.05) is 229 Å². The molecule has 2 atom stereocenters. The summed E-state index contributed by atoms with van der Waals surface area (Å²) >= 11 is 0. The van der Waals surface area contributed by atoms with Gasteiger partial charge in [-0.2, -0.15) is 0 Å². The van der Waals surface area contributed by atoms with E-state index < -0.39 is 32.5 Å². The fourth-order valence-corrected chi connectivity index (χ4v) is 8.38. The van der Waals surface area contributed by atoms with Crippen molar-refractivity contribution in [3.05, 3.63) is 48.6 Å². The number of hydrogen-bond donors (Lipinski definition) is 0. The molecule has 0 fully saturated rings. The van der Waals surface area contributed by atoms with Crippen molar-refractivity contribution in [1.82, 2.24) is 0 Å². The lowest BCUT2D eigenvalue weighted by atomic mass is 10.0. The highest BCUT2D eigenvalue weighted by atomic mass is 31.2. The second-order valence-corrected chi connectivity index (χ2v) is 21.0. The van der Waals surface area contributed by atoms with Crippen molar-refractivity contribution in [1.29, 1.82) is 0 Å². The molecule has 2 unspecified atom stereocenters. The molecule has 0 aliphatic heterocycles. The molecule has 0 saturated carbocycles. The number of likely N-dealkylation sites (N-methyl/N-ethyl adjacent to an activating group) is 1. The number of rotatable bonds is 50. The number of hydrogen-bond acceptors (Lipinski definition) is 8. The summed E-state index contributed by atoms with van der Waals surface area (Å²) < 4.78 is 34.0. The van der Waals surface area contributed by atoms with E-state index >= 15 is 0 Å². The Kier molecular flexibility index (Phi) is 46.5. The molecule has 0 aromatic carbocycles. The van der Waals surface area contributed by atoms with Crippen molar-refractivity contribution in [2.24, 2.45) is 0 Å². The van der Waals surface area contributed by atoms with Crippen molar-refractivity contribution in [2.45, 2.75) is 251 Å². The van der Waals surface area contributed by atoms with E-state index in [1.807, 2.05) is 21.1 Å². The molecule has 0 aliphatic carbocycles. The number of quaternary nitrogens is 1. The number of allylic oxidation sites excluding steroid dienone is 8. The first kappa shape index (κ1) is 64.0. The van der Waals surface area contributed by atoms with Gasteiger partial charge in [0, 0.05) is 12.8 Å². The van der Waals surface area contributed by atoms with E-state index in [-0.39, 0.29) is 26.1 Å². The topological polar surface area (TPSA) is 111 Å². The number of carbonyl (C=O) groups is 2. The zero-order valence-electron chi connectivity index (χ0n) is 43.6. The Morgan fingerprint density at radius 3 is 1.29 bits per heavy atom. The SMILES string of the molecule is CC/C=C\C/C=C\C/C=C\C/C=C\CCCCC(=O)OC(COC(=O)CCCCCCCCCCCCCCCCCCCCCCCCCCCCC)COP(=O)([O-])OCC[N+](C)(C)C. The Labute approximate surface area is 407 Å². The third-order valence-electron chi connectivity index (χ3n) is 11.9. The van der Waals surface area contributed by atoms with Crippen LogP contribution < -0.4 is 4.89 Å². The van der Waals surface area contributed by atoms with Crippen LogP contribution in [-0.4, -0.2) is 70.0 Å². The summed E-state index contributed by atoms with van der Waals surface area (Å²) in [6.07, 6.45) is 58.9. The number of phosphoric acid groups is 1. The summed E-state index contributed by atoms with van der Waals surface area (Å²) in [5.41, 5.74) is 0. The molecule has 0 aromatic heterocycles. The summed E-state index contributed by atoms with van der Waals surface area (Å²) in [7, 11) is 1.14. The van der Waals surface area contributed by atoms with Gasteiger partial charge in [-0.25, -0.2) is 0 Å². The average molecular weight is 950 g/mol. The van der Waals surface area contributed by atoms with E-state index in [1.165, 1.54) is 154 Å². The summed E-state index contributed by atoms with van der Waals surface area (Å²) in [6.45, 7) is 4.10. The molecule has 0 spiro atoms. The highest BCUT2D eigenvalue weighted by Gasteiger charge is 2.21. The number of carbonyl (C=O) groups excluding carboxylic acids is 2. The molecule has 0 rings (SSSR count). The smallest absolute Gasteiger partial charge is 0.306 e. The van der Waals surface area contributed by atoms with Crippen LogP contribution >= 0.6 is 7.82 Å². The van der Waals surface area contributed by atoms with E-state index in [4.69, 9.17) is 18.5 Å². The van der Waals surface area contributed by atoms with Crippen LogP contribution in [0.4, 0.5) is 0 Å². The van der Waals surface area contributed by atoms with E-state index in [2.05, 4.69) is 62.5 Å². The molecule has 0 heterocycles. The Bertz CT molecular complexity index is 1260. The maximum Gasteiger partial charge on any atom is 0.306 e. The molecule has 386 valence electrons. The van der Waals surface area contributed by atoms with Crippen LogP contribution in [0, 0.1) is 0 Å². The largest absolute Gasteiger partial charge is 0.756 e. The van der Waals surface area contributed by atoms with Crippen LogP contribution in [-0.2, 0) is 32.7 Å². The minimum atomic E-state index is -4.64. The predicted molar refractivity (Wildman–Crippen MR) is 277 cm³/mol. The molecule has 0 radical (unpaired) electrons. The molecule has 0 N–H and O–H groups in total. The Hall–Kier alpha value is -2.03. The first-order valence-electron chi connectivity index (χ1n) is 27.3. The molecule has 0 aromatic rings. The van der Waals surface area contributed by atoms with Crippen LogP contribution in [0.3, 0.4) is 0 Å². The second kappa shape index (κ2) is 48.0. The Morgan fingerprint density at radius 1 is 0.485 bits per heavy atom. The van der Waals surface area contributed by atoms with Gasteiger partial charge >= 0.3 is 11.9 Å². The molecule has 0 bridgehead atoms. The maximum absolute atomic E-state index is 12.7. The lowest BCUT2D eigenvalue weighted by Crippen LogP contribution is -2.37. The Morgan fingerprint density at radius 2 is 0.864 bits per heavy atom. The third-order valence-corrected chi connectivity index (χ3v) is 12.8. The van der Waals surface area contributed by atoms with E-state index in [1.54, 1.807) is 0 Å². The van der Waals surface area contributed by atoms with E-state index in [0.29, 0.717) is 17.4 Å². The highest BCUT2D eigenvalue weighted by molar-refractivity contribution is 7.45. The van der Waals surface area contributed by atoms with Gasteiger partial charge in [0.05, 0.1) is 27.7 Å². The molecule has 0 aliphatic rings. The van der Waals surface area contributed by atoms with Gasteiger partial charge in [0.25, 0.3) is 7.82 Å². The minimum absolute atomic E-state index is 0.0390. The van der Waals surface area contributed by atoms with Crippen LogP contribution in [0.2, 0.25) is 0 Å². The normalized spacial score (nSPS) is 13.7. The minimum Gasteiger partial charge on any atom is -0.756 e. The van der Waals surface area contributed by atoms with Crippen LogP contribution in [0.1, 0.15) is 245 Å². The quantitative estimate of drug-likeness (QED) is 0.0195. The molecule has 0 saturated heterocycles. The summed E-state index contributed by atoms with van der Waals surface area (Å²) in [6, 6.07) is 0. The summed E-state index contributed by atoms with van der Waals surface area (Å²) in [4.78, 5) is 37.7. The molecule has 9 nitrogen and oxygen atoms in total. The van der Waals surface area contributed by atoms with Gasteiger partial charge in [-0.15, -0.1) is 0 Å². The molecule has 66 heavy (non-hydrogen) atoms. The second-order valence-electron chi connectivity index (χ2n) is 19.6. The van der Waals surface area contributed by atoms with Gasteiger partial charge in [-0.3, -0.25) is 14.2 Å². The van der Waals surface area contributed by atoms with Crippen molar-refractivity contribution < 1.29 is 42.1 Å².